The van der Waals surface area contributed by atoms with Gasteiger partial charge in [0.25, 0.3) is 0 Å². The molecule has 4 nitrogen and oxygen atoms in total. The minimum absolute atomic E-state index is 0.485. The maximum atomic E-state index is 10.1. The highest BCUT2D eigenvalue weighted by atomic mass is 16.5. The van der Waals surface area contributed by atoms with Crippen LogP contribution >= 0.6 is 0 Å². The van der Waals surface area contributed by atoms with Crippen molar-refractivity contribution in [1.82, 2.24) is 5.32 Å². The third-order valence-corrected chi connectivity index (χ3v) is 3.33. The predicted octanol–water partition coefficient (Wildman–Crippen LogP) is 2.53. The number of benzene rings is 2. The van der Waals surface area contributed by atoms with Gasteiger partial charge in [0.15, 0.2) is 0 Å². The molecule has 0 aromatic heterocycles. The Bertz CT molecular complexity index is 557. The van der Waals surface area contributed by atoms with Gasteiger partial charge in [0.05, 0.1) is 20.3 Å². The third kappa shape index (κ3) is 4.21. The van der Waals surface area contributed by atoms with E-state index in [1.807, 2.05) is 48.5 Å². The second-order valence-corrected chi connectivity index (χ2v) is 4.74. The lowest BCUT2D eigenvalue weighted by Gasteiger charge is -2.14. The van der Waals surface area contributed by atoms with Gasteiger partial charge in [-0.3, -0.25) is 0 Å². The minimum atomic E-state index is -0.518. The van der Waals surface area contributed by atoms with Crippen LogP contribution in [-0.2, 0) is 6.54 Å². The number of ether oxygens (including phenoxy) is 2. The first-order valence-electron chi connectivity index (χ1n) is 6.89. The number of hydrogen-bond acceptors (Lipinski definition) is 4. The van der Waals surface area contributed by atoms with Crippen LogP contribution in [0.1, 0.15) is 17.2 Å². The van der Waals surface area contributed by atoms with Crippen LogP contribution in [0.25, 0.3) is 0 Å². The average molecular weight is 287 g/mol. The predicted molar refractivity (Wildman–Crippen MR) is 82.7 cm³/mol. The van der Waals surface area contributed by atoms with E-state index in [9.17, 15) is 5.11 Å². The summed E-state index contributed by atoms with van der Waals surface area (Å²) in [5, 5.41) is 13.3. The molecule has 0 aliphatic heterocycles. The Hall–Kier alpha value is -2.04. The fourth-order valence-electron chi connectivity index (χ4n) is 2.13. The zero-order valence-electron chi connectivity index (χ0n) is 12.4. The molecular formula is C17H21NO3. The van der Waals surface area contributed by atoms with E-state index in [1.165, 1.54) is 0 Å². The van der Waals surface area contributed by atoms with Crippen LogP contribution in [0, 0.1) is 0 Å². The van der Waals surface area contributed by atoms with Crippen LogP contribution < -0.4 is 14.8 Å². The van der Waals surface area contributed by atoms with Gasteiger partial charge in [0, 0.05) is 24.7 Å². The molecule has 0 saturated heterocycles. The van der Waals surface area contributed by atoms with Gasteiger partial charge in [-0.2, -0.15) is 0 Å². The van der Waals surface area contributed by atoms with Crippen molar-refractivity contribution in [2.45, 2.75) is 12.6 Å². The lowest BCUT2D eigenvalue weighted by atomic mass is 10.1. The molecule has 0 spiro atoms. The Kier molecular flexibility index (Phi) is 5.60. The molecule has 1 atom stereocenters. The van der Waals surface area contributed by atoms with Crippen molar-refractivity contribution in [2.75, 3.05) is 20.8 Å². The van der Waals surface area contributed by atoms with Crippen molar-refractivity contribution in [3.63, 3.8) is 0 Å². The molecular weight excluding hydrogens is 266 g/mol. The van der Waals surface area contributed by atoms with Gasteiger partial charge in [0.1, 0.15) is 11.5 Å². The number of aliphatic hydroxyl groups excluding tert-OH is 1. The van der Waals surface area contributed by atoms with Crippen molar-refractivity contribution < 1.29 is 14.6 Å². The van der Waals surface area contributed by atoms with E-state index in [1.54, 1.807) is 14.2 Å². The van der Waals surface area contributed by atoms with Gasteiger partial charge in [-0.05, 0) is 11.6 Å². The first-order valence-corrected chi connectivity index (χ1v) is 6.89. The Morgan fingerprint density at radius 2 is 1.81 bits per heavy atom. The van der Waals surface area contributed by atoms with Crippen LogP contribution in [0.5, 0.6) is 11.5 Å². The molecule has 0 amide bonds. The molecule has 0 radical (unpaired) electrons. The summed E-state index contributed by atoms with van der Waals surface area (Å²) in [6.07, 6.45) is -0.518. The lowest BCUT2D eigenvalue weighted by Crippen LogP contribution is -2.21. The van der Waals surface area contributed by atoms with Crippen molar-refractivity contribution in [3.05, 3.63) is 59.7 Å². The first-order chi connectivity index (χ1) is 10.2. The molecule has 0 heterocycles. The summed E-state index contributed by atoms with van der Waals surface area (Å²) in [5.41, 5.74) is 1.94. The van der Waals surface area contributed by atoms with Crippen molar-refractivity contribution in [2.24, 2.45) is 0 Å². The molecule has 0 aliphatic carbocycles. The second-order valence-electron chi connectivity index (χ2n) is 4.74. The van der Waals surface area contributed by atoms with E-state index >= 15 is 0 Å². The standard InChI is InChI=1S/C17H21NO3/c1-20-15-9-8-14(17(10-15)21-2)11-18-12-16(19)13-6-4-3-5-7-13/h3-10,16,18-19H,11-12H2,1-2H3/t16-/m0/s1. The molecule has 0 unspecified atom stereocenters. The van der Waals surface area contributed by atoms with Crippen molar-refractivity contribution >= 4 is 0 Å². The summed E-state index contributed by atoms with van der Waals surface area (Å²) in [5.74, 6) is 1.54. The number of methoxy groups -OCH3 is 2. The minimum Gasteiger partial charge on any atom is -0.497 e. The summed E-state index contributed by atoms with van der Waals surface area (Å²) >= 11 is 0. The summed E-state index contributed by atoms with van der Waals surface area (Å²) in [7, 11) is 3.26. The maximum absolute atomic E-state index is 10.1. The molecule has 2 N–H and O–H groups in total. The SMILES string of the molecule is COc1ccc(CNC[C@H](O)c2ccccc2)c(OC)c1. The Balaban J connectivity index is 1.91. The molecule has 0 saturated carbocycles. The van der Waals surface area contributed by atoms with E-state index in [0.29, 0.717) is 13.1 Å². The van der Waals surface area contributed by atoms with E-state index in [0.717, 1.165) is 22.6 Å². The summed E-state index contributed by atoms with van der Waals surface area (Å²) in [6, 6.07) is 15.3. The highest BCUT2D eigenvalue weighted by molar-refractivity contribution is 5.40. The molecule has 112 valence electrons. The number of rotatable bonds is 7. The highest BCUT2D eigenvalue weighted by Crippen LogP contribution is 2.24. The highest BCUT2D eigenvalue weighted by Gasteiger charge is 2.08. The van der Waals surface area contributed by atoms with Gasteiger partial charge < -0.3 is 19.9 Å². The Morgan fingerprint density at radius 1 is 1.05 bits per heavy atom. The maximum Gasteiger partial charge on any atom is 0.127 e. The zero-order valence-corrected chi connectivity index (χ0v) is 12.4. The average Bonchev–Trinajstić information content (AvgIpc) is 2.55. The quantitative estimate of drug-likeness (QED) is 0.821. The smallest absolute Gasteiger partial charge is 0.127 e. The molecule has 0 bridgehead atoms. The van der Waals surface area contributed by atoms with Gasteiger partial charge in [-0.15, -0.1) is 0 Å². The van der Waals surface area contributed by atoms with Crippen LogP contribution in [0.15, 0.2) is 48.5 Å². The Labute approximate surface area is 125 Å². The molecule has 2 aromatic carbocycles. The monoisotopic (exact) mass is 287 g/mol. The van der Waals surface area contributed by atoms with Crippen molar-refractivity contribution in [1.29, 1.82) is 0 Å². The fraction of sp³-hybridized carbons (Fsp3) is 0.294. The molecule has 21 heavy (non-hydrogen) atoms. The number of aliphatic hydroxyl groups is 1. The van der Waals surface area contributed by atoms with E-state index in [4.69, 9.17) is 9.47 Å². The third-order valence-electron chi connectivity index (χ3n) is 3.33. The lowest BCUT2D eigenvalue weighted by molar-refractivity contribution is 0.174. The van der Waals surface area contributed by atoms with Gasteiger partial charge >= 0.3 is 0 Å². The normalized spacial score (nSPS) is 12.0. The van der Waals surface area contributed by atoms with Crippen LogP contribution in [-0.4, -0.2) is 25.9 Å². The van der Waals surface area contributed by atoms with Gasteiger partial charge in [0.2, 0.25) is 0 Å². The summed E-state index contributed by atoms with van der Waals surface area (Å²) in [4.78, 5) is 0. The molecule has 2 aromatic rings. The number of nitrogens with one attached hydrogen (secondary N) is 1. The van der Waals surface area contributed by atoms with E-state index < -0.39 is 6.10 Å². The summed E-state index contributed by atoms with van der Waals surface area (Å²) in [6.45, 7) is 1.11. The van der Waals surface area contributed by atoms with Gasteiger partial charge in [-0.1, -0.05) is 36.4 Å². The largest absolute Gasteiger partial charge is 0.497 e. The first kappa shape index (κ1) is 15.4. The van der Waals surface area contributed by atoms with Crippen LogP contribution in [0.4, 0.5) is 0 Å². The van der Waals surface area contributed by atoms with Crippen LogP contribution in [0.3, 0.4) is 0 Å². The molecule has 4 heteroatoms. The topological polar surface area (TPSA) is 50.7 Å². The van der Waals surface area contributed by atoms with Crippen LogP contribution in [0.2, 0.25) is 0 Å². The zero-order chi connectivity index (χ0) is 15.1. The second kappa shape index (κ2) is 7.67. The summed E-state index contributed by atoms with van der Waals surface area (Å²) < 4.78 is 10.5. The number of hydrogen-bond donors (Lipinski definition) is 2. The fourth-order valence-corrected chi connectivity index (χ4v) is 2.13. The Morgan fingerprint density at radius 3 is 2.48 bits per heavy atom. The molecule has 2 rings (SSSR count). The van der Waals surface area contributed by atoms with E-state index in [2.05, 4.69) is 5.32 Å². The molecule has 0 aliphatic rings. The molecule has 0 fully saturated rings. The van der Waals surface area contributed by atoms with E-state index in [-0.39, 0.29) is 0 Å². The van der Waals surface area contributed by atoms with Crippen molar-refractivity contribution in [3.8, 4) is 11.5 Å². The van der Waals surface area contributed by atoms with Gasteiger partial charge in [-0.25, -0.2) is 0 Å².